The molecule has 114 valence electrons. The van der Waals surface area contributed by atoms with E-state index in [0.717, 1.165) is 43.7 Å². The van der Waals surface area contributed by atoms with E-state index < -0.39 is 0 Å². The molecule has 0 aromatic heterocycles. The lowest BCUT2D eigenvalue weighted by Crippen LogP contribution is -2.39. The summed E-state index contributed by atoms with van der Waals surface area (Å²) in [6.07, 6.45) is 4.67. The number of piperidine rings is 1. The number of carbonyl (C=O) groups is 1. The van der Waals surface area contributed by atoms with Gasteiger partial charge in [0.2, 0.25) is 0 Å². The second-order valence-electron chi connectivity index (χ2n) is 6.35. The van der Waals surface area contributed by atoms with Crippen molar-refractivity contribution in [1.29, 1.82) is 0 Å². The van der Waals surface area contributed by atoms with Crippen molar-refractivity contribution in [2.75, 3.05) is 38.5 Å². The molecule has 1 amide bonds. The molecule has 4 nitrogen and oxygen atoms in total. The van der Waals surface area contributed by atoms with Crippen molar-refractivity contribution in [2.45, 2.75) is 25.7 Å². The highest BCUT2D eigenvalue weighted by Gasteiger charge is 2.20. The van der Waals surface area contributed by atoms with Gasteiger partial charge in [-0.05, 0) is 56.8 Å². The molecule has 1 aromatic carbocycles. The third-order valence-electron chi connectivity index (χ3n) is 4.59. The summed E-state index contributed by atoms with van der Waals surface area (Å²) >= 11 is 0. The zero-order valence-electron chi connectivity index (χ0n) is 12.8. The van der Waals surface area contributed by atoms with Crippen LogP contribution in [-0.2, 0) is 6.42 Å². The van der Waals surface area contributed by atoms with Gasteiger partial charge in [0, 0.05) is 19.6 Å². The highest BCUT2D eigenvalue weighted by molar-refractivity contribution is 6.00. The molecule has 1 aromatic rings. The normalized spacial score (nSPS) is 22.2. The molecule has 0 bridgehead atoms. The number of hydrogen-bond acceptors (Lipinski definition) is 3. The molecule has 2 heterocycles. The maximum Gasteiger partial charge on any atom is 0.253 e. The van der Waals surface area contributed by atoms with Gasteiger partial charge in [-0.2, -0.15) is 0 Å². The monoisotopic (exact) mass is 287 g/mol. The Hall–Kier alpha value is -1.55. The first-order valence-electron chi connectivity index (χ1n) is 8.06. The molecule has 0 aliphatic carbocycles. The van der Waals surface area contributed by atoms with Crippen LogP contribution in [0, 0.1) is 5.92 Å². The fourth-order valence-electron chi connectivity index (χ4n) is 3.47. The van der Waals surface area contributed by atoms with Gasteiger partial charge in [-0.15, -0.1) is 0 Å². The van der Waals surface area contributed by atoms with E-state index in [0.29, 0.717) is 5.92 Å². The van der Waals surface area contributed by atoms with Crippen molar-refractivity contribution in [1.82, 2.24) is 10.2 Å². The number of likely N-dealkylation sites (tertiary alicyclic amines) is 1. The van der Waals surface area contributed by atoms with E-state index in [2.05, 4.69) is 28.6 Å². The van der Waals surface area contributed by atoms with Crippen LogP contribution in [0.3, 0.4) is 0 Å². The molecule has 1 unspecified atom stereocenters. The molecule has 2 aliphatic rings. The summed E-state index contributed by atoms with van der Waals surface area (Å²) < 4.78 is 0. The first-order chi connectivity index (χ1) is 10.2. The number of hydrogen-bond donors (Lipinski definition) is 2. The minimum absolute atomic E-state index is 0.0643. The molecule has 1 atom stereocenters. The average Bonchev–Trinajstić information content (AvgIpc) is 2.52. The van der Waals surface area contributed by atoms with Crippen molar-refractivity contribution < 1.29 is 4.79 Å². The smallest absolute Gasteiger partial charge is 0.253 e. The fraction of sp³-hybridized carbons (Fsp3) is 0.588. The molecule has 0 spiro atoms. The summed E-state index contributed by atoms with van der Waals surface area (Å²) in [6.45, 7) is 4.02. The van der Waals surface area contributed by atoms with E-state index >= 15 is 0 Å². The lowest BCUT2D eigenvalue weighted by molar-refractivity contribution is 0.0937. The van der Waals surface area contributed by atoms with Gasteiger partial charge in [0.15, 0.2) is 0 Å². The molecule has 4 heteroatoms. The second-order valence-corrected chi connectivity index (χ2v) is 6.35. The Morgan fingerprint density at radius 2 is 2.33 bits per heavy atom. The van der Waals surface area contributed by atoms with Crippen LogP contribution in [0.25, 0.3) is 0 Å². The number of benzene rings is 1. The zero-order valence-corrected chi connectivity index (χ0v) is 12.8. The van der Waals surface area contributed by atoms with Gasteiger partial charge < -0.3 is 15.5 Å². The molecule has 0 saturated carbocycles. The Bertz CT molecular complexity index is 515. The summed E-state index contributed by atoms with van der Waals surface area (Å²) in [7, 11) is 2.16. The predicted molar refractivity (Wildman–Crippen MR) is 85.8 cm³/mol. The Kier molecular flexibility index (Phi) is 4.44. The fourth-order valence-corrected chi connectivity index (χ4v) is 3.47. The number of rotatable bonds is 3. The number of aryl methyl sites for hydroxylation is 1. The lowest BCUT2D eigenvalue weighted by atomic mass is 9.97. The van der Waals surface area contributed by atoms with Crippen LogP contribution < -0.4 is 10.6 Å². The maximum atomic E-state index is 12.5. The highest BCUT2D eigenvalue weighted by Crippen LogP contribution is 2.26. The Morgan fingerprint density at radius 1 is 1.43 bits per heavy atom. The number of nitrogens with zero attached hydrogens (tertiary/aromatic N) is 1. The highest BCUT2D eigenvalue weighted by atomic mass is 16.1. The van der Waals surface area contributed by atoms with E-state index in [1.165, 1.54) is 24.9 Å². The van der Waals surface area contributed by atoms with E-state index in [-0.39, 0.29) is 5.91 Å². The van der Waals surface area contributed by atoms with E-state index in [4.69, 9.17) is 0 Å². The SMILES string of the molecule is CN1CCCC(CNC(=O)c2cccc3c2NCCC3)C1. The van der Waals surface area contributed by atoms with Crippen molar-refractivity contribution >= 4 is 11.6 Å². The molecular formula is C17H25N3O. The summed E-state index contributed by atoms with van der Waals surface area (Å²) in [5.74, 6) is 0.648. The van der Waals surface area contributed by atoms with Gasteiger partial charge in [-0.3, -0.25) is 4.79 Å². The minimum Gasteiger partial charge on any atom is -0.384 e. The average molecular weight is 287 g/mol. The Balaban J connectivity index is 1.63. The number of carbonyl (C=O) groups excluding carboxylic acids is 1. The molecule has 1 saturated heterocycles. The first kappa shape index (κ1) is 14.4. The molecule has 1 fully saturated rings. The number of fused-ring (bicyclic) bond motifs is 1. The third-order valence-corrected chi connectivity index (χ3v) is 4.59. The van der Waals surface area contributed by atoms with Crippen LogP contribution in [0.15, 0.2) is 18.2 Å². The van der Waals surface area contributed by atoms with E-state index in [9.17, 15) is 4.79 Å². The number of nitrogens with one attached hydrogen (secondary N) is 2. The van der Waals surface area contributed by atoms with Crippen molar-refractivity contribution in [2.24, 2.45) is 5.92 Å². The van der Waals surface area contributed by atoms with Crippen LogP contribution in [0.2, 0.25) is 0 Å². The summed E-state index contributed by atoms with van der Waals surface area (Å²) in [5, 5.41) is 6.52. The summed E-state index contributed by atoms with van der Waals surface area (Å²) in [6, 6.07) is 6.04. The quantitative estimate of drug-likeness (QED) is 0.895. The first-order valence-corrected chi connectivity index (χ1v) is 8.06. The predicted octanol–water partition coefficient (Wildman–Crippen LogP) is 2.12. The summed E-state index contributed by atoms with van der Waals surface area (Å²) in [4.78, 5) is 14.8. The molecule has 21 heavy (non-hydrogen) atoms. The van der Waals surface area contributed by atoms with Crippen LogP contribution in [0.5, 0.6) is 0 Å². The van der Waals surface area contributed by atoms with Gasteiger partial charge >= 0.3 is 0 Å². The van der Waals surface area contributed by atoms with Gasteiger partial charge in [0.05, 0.1) is 11.3 Å². The Labute approximate surface area is 126 Å². The van der Waals surface area contributed by atoms with Gasteiger partial charge in [0.1, 0.15) is 0 Å². The van der Waals surface area contributed by atoms with Crippen LogP contribution in [0.4, 0.5) is 5.69 Å². The van der Waals surface area contributed by atoms with Gasteiger partial charge in [-0.1, -0.05) is 12.1 Å². The number of para-hydroxylation sites is 1. The van der Waals surface area contributed by atoms with Crippen molar-refractivity contribution in [3.63, 3.8) is 0 Å². The van der Waals surface area contributed by atoms with Crippen LogP contribution in [-0.4, -0.2) is 44.0 Å². The van der Waals surface area contributed by atoms with Crippen LogP contribution in [0.1, 0.15) is 35.2 Å². The Morgan fingerprint density at radius 3 is 3.19 bits per heavy atom. The molecule has 2 N–H and O–H groups in total. The van der Waals surface area contributed by atoms with Crippen molar-refractivity contribution in [3.05, 3.63) is 29.3 Å². The number of amides is 1. The van der Waals surface area contributed by atoms with Gasteiger partial charge in [-0.25, -0.2) is 0 Å². The topological polar surface area (TPSA) is 44.4 Å². The summed E-state index contributed by atoms with van der Waals surface area (Å²) in [5.41, 5.74) is 3.12. The standard InChI is InChI=1S/C17H25N3O/c1-20-10-4-5-13(12-20)11-19-17(21)15-8-2-6-14-7-3-9-18-16(14)15/h2,6,8,13,18H,3-5,7,9-12H2,1H3,(H,19,21). The third kappa shape index (κ3) is 3.38. The minimum atomic E-state index is 0.0643. The molecule has 0 radical (unpaired) electrons. The van der Waals surface area contributed by atoms with E-state index in [1.54, 1.807) is 0 Å². The maximum absolute atomic E-state index is 12.5. The molecule has 2 aliphatic heterocycles. The molecule has 3 rings (SSSR count). The largest absolute Gasteiger partial charge is 0.384 e. The second kappa shape index (κ2) is 6.48. The van der Waals surface area contributed by atoms with Crippen LogP contribution >= 0.6 is 0 Å². The lowest BCUT2D eigenvalue weighted by Gasteiger charge is -2.29. The zero-order chi connectivity index (χ0) is 14.7. The molecular weight excluding hydrogens is 262 g/mol. The number of anilines is 1. The van der Waals surface area contributed by atoms with E-state index in [1.807, 2.05) is 12.1 Å². The van der Waals surface area contributed by atoms with Crippen molar-refractivity contribution in [3.8, 4) is 0 Å². The van der Waals surface area contributed by atoms with Gasteiger partial charge in [0.25, 0.3) is 5.91 Å².